The molecule has 2 fully saturated rings. The maximum atomic E-state index is 2.41. The average Bonchev–Trinajstić information content (AvgIpc) is 1.91. The first kappa shape index (κ1) is 7.60. The summed E-state index contributed by atoms with van der Waals surface area (Å²) in [6.45, 7) is 0. The number of fused-ring (bicyclic) bond motifs is 1. The number of hydrogen-bond donors (Lipinski definition) is 0. The van der Waals surface area contributed by atoms with Gasteiger partial charge in [-0.15, -0.1) is 0 Å². The third-order valence-corrected chi connectivity index (χ3v) is 3.75. The molecule has 0 N–H and O–H groups in total. The highest BCUT2D eigenvalue weighted by Gasteiger charge is 2.36. The molecule has 0 unspecified atom stereocenters. The van der Waals surface area contributed by atoms with Gasteiger partial charge in [0.15, 0.2) is 0 Å². The van der Waals surface area contributed by atoms with Gasteiger partial charge >= 0.3 is 0 Å². The van der Waals surface area contributed by atoms with Crippen LogP contribution in [0.4, 0.5) is 0 Å². The first-order valence-electron chi connectivity index (χ1n) is 4.94. The standard InChI is InChI=1S/C10H19N/c1-11(2)10-6-5-8-3-4-9(8)7-10/h8-10H,3-7H2,1-2H3/t8-,9+,10-/m1/s1. The molecule has 0 heterocycles. The zero-order valence-corrected chi connectivity index (χ0v) is 7.71. The Labute approximate surface area is 69.8 Å². The lowest BCUT2D eigenvalue weighted by molar-refractivity contribution is 0.0604. The Hall–Kier alpha value is -0.0400. The van der Waals surface area contributed by atoms with E-state index in [4.69, 9.17) is 0 Å². The molecule has 0 amide bonds. The van der Waals surface area contributed by atoms with Crippen LogP contribution in [0.25, 0.3) is 0 Å². The van der Waals surface area contributed by atoms with Crippen LogP contribution in [-0.4, -0.2) is 25.0 Å². The Bertz CT molecular complexity index is 142. The van der Waals surface area contributed by atoms with E-state index in [9.17, 15) is 0 Å². The molecule has 2 saturated carbocycles. The molecule has 0 bridgehead atoms. The smallest absolute Gasteiger partial charge is 0.00920 e. The van der Waals surface area contributed by atoms with Crippen LogP contribution in [-0.2, 0) is 0 Å². The molecule has 2 rings (SSSR count). The molecule has 2 aliphatic carbocycles. The number of rotatable bonds is 1. The Morgan fingerprint density at radius 3 is 2.00 bits per heavy atom. The van der Waals surface area contributed by atoms with Crippen molar-refractivity contribution in [1.29, 1.82) is 0 Å². The van der Waals surface area contributed by atoms with Crippen molar-refractivity contribution in [2.45, 2.75) is 38.1 Å². The van der Waals surface area contributed by atoms with E-state index in [1.54, 1.807) is 0 Å². The zero-order chi connectivity index (χ0) is 7.84. The fraction of sp³-hybridized carbons (Fsp3) is 1.00. The molecule has 1 heteroatoms. The van der Waals surface area contributed by atoms with Gasteiger partial charge in [-0.05, 0) is 58.0 Å². The van der Waals surface area contributed by atoms with Crippen molar-refractivity contribution in [1.82, 2.24) is 4.90 Å². The van der Waals surface area contributed by atoms with Gasteiger partial charge in [0.1, 0.15) is 0 Å². The predicted octanol–water partition coefficient (Wildman–Crippen LogP) is 2.13. The van der Waals surface area contributed by atoms with E-state index < -0.39 is 0 Å². The van der Waals surface area contributed by atoms with E-state index in [1.807, 2.05) is 0 Å². The van der Waals surface area contributed by atoms with Gasteiger partial charge in [0.05, 0.1) is 0 Å². The van der Waals surface area contributed by atoms with Gasteiger partial charge in [-0.25, -0.2) is 0 Å². The van der Waals surface area contributed by atoms with Crippen molar-refractivity contribution in [3.05, 3.63) is 0 Å². The molecule has 11 heavy (non-hydrogen) atoms. The summed E-state index contributed by atoms with van der Waals surface area (Å²) in [7, 11) is 4.45. The highest BCUT2D eigenvalue weighted by atomic mass is 15.1. The van der Waals surface area contributed by atoms with E-state index in [0.717, 1.165) is 17.9 Å². The van der Waals surface area contributed by atoms with Crippen LogP contribution < -0.4 is 0 Å². The number of hydrogen-bond acceptors (Lipinski definition) is 1. The lowest BCUT2D eigenvalue weighted by Gasteiger charge is -2.45. The van der Waals surface area contributed by atoms with Crippen molar-refractivity contribution >= 4 is 0 Å². The van der Waals surface area contributed by atoms with Crippen LogP contribution in [0.15, 0.2) is 0 Å². The highest BCUT2D eigenvalue weighted by molar-refractivity contribution is 4.89. The third-order valence-electron chi connectivity index (χ3n) is 3.75. The molecule has 0 aliphatic heterocycles. The second-order valence-corrected chi connectivity index (χ2v) is 4.53. The van der Waals surface area contributed by atoms with E-state index in [2.05, 4.69) is 19.0 Å². The molecule has 2 aliphatic rings. The van der Waals surface area contributed by atoms with Crippen LogP contribution in [0.2, 0.25) is 0 Å². The molecule has 0 aromatic rings. The van der Waals surface area contributed by atoms with Crippen molar-refractivity contribution in [2.75, 3.05) is 14.1 Å². The van der Waals surface area contributed by atoms with Crippen LogP contribution >= 0.6 is 0 Å². The summed E-state index contributed by atoms with van der Waals surface area (Å²) in [5.41, 5.74) is 0. The molecule has 3 atom stereocenters. The highest BCUT2D eigenvalue weighted by Crippen LogP contribution is 2.45. The van der Waals surface area contributed by atoms with Crippen LogP contribution in [0.1, 0.15) is 32.1 Å². The van der Waals surface area contributed by atoms with Crippen LogP contribution in [0, 0.1) is 11.8 Å². The fourth-order valence-electron chi connectivity index (χ4n) is 2.67. The molecule has 0 aromatic carbocycles. The van der Waals surface area contributed by atoms with Crippen LogP contribution in [0.3, 0.4) is 0 Å². The van der Waals surface area contributed by atoms with Gasteiger partial charge < -0.3 is 4.90 Å². The summed E-state index contributed by atoms with van der Waals surface area (Å²) in [6, 6.07) is 0.900. The van der Waals surface area contributed by atoms with E-state index in [-0.39, 0.29) is 0 Å². The van der Waals surface area contributed by atoms with Crippen molar-refractivity contribution in [2.24, 2.45) is 11.8 Å². The molecular formula is C10H19N. The third kappa shape index (κ3) is 1.31. The summed E-state index contributed by atoms with van der Waals surface area (Å²) < 4.78 is 0. The van der Waals surface area contributed by atoms with E-state index in [1.165, 1.54) is 32.1 Å². The lowest BCUT2D eigenvalue weighted by atomic mass is 9.64. The normalized spacial score (nSPS) is 43.4. The van der Waals surface area contributed by atoms with Crippen LogP contribution in [0.5, 0.6) is 0 Å². The van der Waals surface area contributed by atoms with Crippen molar-refractivity contribution in [3.63, 3.8) is 0 Å². The Balaban J connectivity index is 1.88. The van der Waals surface area contributed by atoms with Gasteiger partial charge in [-0.2, -0.15) is 0 Å². The van der Waals surface area contributed by atoms with Gasteiger partial charge in [-0.3, -0.25) is 0 Å². The summed E-state index contributed by atoms with van der Waals surface area (Å²) in [5.74, 6) is 2.24. The molecule has 1 nitrogen and oxygen atoms in total. The first-order valence-corrected chi connectivity index (χ1v) is 4.94. The maximum Gasteiger partial charge on any atom is 0.00920 e. The maximum absolute atomic E-state index is 2.41. The molecule has 0 spiro atoms. The Morgan fingerprint density at radius 1 is 0.909 bits per heavy atom. The molecule has 64 valence electrons. The Morgan fingerprint density at radius 2 is 1.55 bits per heavy atom. The van der Waals surface area contributed by atoms with E-state index >= 15 is 0 Å². The summed E-state index contributed by atoms with van der Waals surface area (Å²) in [6.07, 6.45) is 7.50. The van der Waals surface area contributed by atoms with Crippen molar-refractivity contribution < 1.29 is 0 Å². The minimum atomic E-state index is 0.900. The van der Waals surface area contributed by atoms with Gasteiger partial charge in [-0.1, -0.05) is 0 Å². The SMILES string of the molecule is CN(C)[C@@H]1CC[C@H]2CC[C@H]2C1. The lowest BCUT2D eigenvalue weighted by Crippen LogP contribution is -2.40. The summed E-state index contributed by atoms with van der Waals surface area (Å²) in [4.78, 5) is 2.41. The number of nitrogens with zero attached hydrogens (tertiary/aromatic N) is 1. The predicted molar refractivity (Wildman–Crippen MR) is 47.5 cm³/mol. The van der Waals surface area contributed by atoms with Gasteiger partial charge in [0.2, 0.25) is 0 Å². The monoisotopic (exact) mass is 153 g/mol. The molecule has 0 aromatic heterocycles. The zero-order valence-electron chi connectivity index (χ0n) is 7.71. The minimum absolute atomic E-state index is 0.900. The average molecular weight is 153 g/mol. The molecule has 0 radical (unpaired) electrons. The van der Waals surface area contributed by atoms with E-state index in [0.29, 0.717) is 0 Å². The molecular weight excluding hydrogens is 134 g/mol. The second kappa shape index (κ2) is 2.78. The quantitative estimate of drug-likeness (QED) is 0.558. The Kier molecular flexibility index (Phi) is 1.92. The minimum Gasteiger partial charge on any atom is -0.306 e. The van der Waals surface area contributed by atoms with Gasteiger partial charge in [0.25, 0.3) is 0 Å². The molecule has 0 saturated heterocycles. The fourth-order valence-corrected chi connectivity index (χ4v) is 2.67. The summed E-state index contributed by atoms with van der Waals surface area (Å²) >= 11 is 0. The first-order chi connectivity index (χ1) is 5.27. The topological polar surface area (TPSA) is 3.24 Å². The largest absolute Gasteiger partial charge is 0.306 e. The van der Waals surface area contributed by atoms with Crippen molar-refractivity contribution in [3.8, 4) is 0 Å². The summed E-state index contributed by atoms with van der Waals surface area (Å²) in [5, 5.41) is 0. The second-order valence-electron chi connectivity index (χ2n) is 4.53. The van der Waals surface area contributed by atoms with Gasteiger partial charge in [0, 0.05) is 6.04 Å².